The fraction of sp³-hybridized carbons (Fsp3) is 0.789. The summed E-state index contributed by atoms with van der Waals surface area (Å²) in [5, 5.41) is 42.1. The maximum absolute atomic E-state index is 12.3. The topological polar surface area (TPSA) is 134 Å². The molecule has 0 aromatic rings. The average molecular weight is 382 g/mol. The summed E-state index contributed by atoms with van der Waals surface area (Å²) in [5.41, 5.74) is -0.988. The maximum atomic E-state index is 12.3. The molecule has 10 unspecified atom stereocenters. The first-order valence-electron chi connectivity index (χ1n) is 9.31. The van der Waals surface area contributed by atoms with Crippen molar-refractivity contribution in [3.05, 3.63) is 11.6 Å². The van der Waals surface area contributed by atoms with Gasteiger partial charge < -0.3 is 29.9 Å². The summed E-state index contributed by atoms with van der Waals surface area (Å²) in [6, 6.07) is 0. The lowest BCUT2D eigenvalue weighted by molar-refractivity contribution is -0.250. The Morgan fingerprint density at radius 2 is 1.81 bits per heavy atom. The lowest BCUT2D eigenvalue weighted by Gasteiger charge is -2.58. The van der Waals surface area contributed by atoms with E-state index in [1.807, 2.05) is 13.8 Å². The van der Waals surface area contributed by atoms with Gasteiger partial charge in [-0.2, -0.15) is 0 Å². The lowest BCUT2D eigenvalue weighted by atomic mass is 9.50. The van der Waals surface area contributed by atoms with Crippen molar-refractivity contribution in [3.8, 4) is 0 Å². The van der Waals surface area contributed by atoms with Gasteiger partial charge in [0.05, 0.1) is 12.2 Å². The van der Waals surface area contributed by atoms with E-state index in [1.165, 1.54) is 6.08 Å². The number of esters is 2. The molecular weight excluding hydrogens is 356 g/mol. The zero-order valence-electron chi connectivity index (χ0n) is 15.5. The Morgan fingerprint density at radius 3 is 2.37 bits per heavy atom. The average Bonchev–Trinajstić information content (AvgIpc) is 3.05. The Labute approximate surface area is 156 Å². The second-order valence-electron chi connectivity index (χ2n) is 8.98. The number of cyclic esters (lactones) is 1. The van der Waals surface area contributed by atoms with E-state index in [1.54, 1.807) is 6.92 Å². The zero-order valence-corrected chi connectivity index (χ0v) is 15.5. The molecule has 3 fully saturated rings. The van der Waals surface area contributed by atoms with Gasteiger partial charge in [0.15, 0.2) is 6.10 Å². The zero-order chi connectivity index (χ0) is 19.9. The number of hydrogen-bond donors (Lipinski definition) is 4. The van der Waals surface area contributed by atoms with Crippen LogP contribution in [0.5, 0.6) is 0 Å². The van der Waals surface area contributed by atoms with Crippen molar-refractivity contribution in [3.63, 3.8) is 0 Å². The smallest absolute Gasteiger partial charge is 0.335 e. The van der Waals surface area contributed by atoms with Crippen molar-refractivity contribution in [1.82, 2.24) is 0 Å². The molecule has 0 amide bonds. The molecule has 4 rings (SSSR count). The molecule has 150 valence electrons. The Hall–Kier alpha value is -1.48. The number of aliphatic hydroxyl groups excluding tert-OH is 4. The minimum Gasteiger partial charge on any atom is -0.460 e. The minimum absolute atomic E-state index is 0.314. The van der Waals surface area contributed by atoms with E-state index in [0.717, 1.165) is 0 Å². The van der Waals surface area contributed by atoms with Crippen LogP contribution in [0.25, 0.3) is 0 Å². The second kappa shape index (κ2) is 5.76. The monoisotopic (exact) mass is 382 g/mol. The highest BCUT2D eigenvalue weighted by atomic mass is 16.6. The largest absolute Gasteiger partial charge is 0.460 e. The molecule has 0 spiro atoms. The van der Waals surface area contributed by atoms with Gasteiger partial charge in [0, 0.05) is 41.3 Å². The standard InChI is InChI=1S/C19H26O8/c1-7-4-10(21)27-16(7)18(2)5-9-19(3)11(13(23)17(25)26-9)8(6-20)12(22)14(24)15(18)19/h4,8-9,11-16,20,22-24H,5-6H2,1-3H3. The molecule has 27 heavy (non-hydrogen) atoms. The molecule has 2 aliphatic carbocycles. The molecule has 0 aromatic heterocycles. The van der Waals surface area contributed by atoms with Gasteiger partial charge in [-0.05, 0) is 18.9 Å². The van der Waals surface area contributed by atoms with Crippen LogP contribution >= 0.6 is 0 Å². The first-order valence-corrected chi connectivity index (χ1v) is 9.31. The van der Waals surface area contributed by atoms with Crippen LogP contribution < -0.4 is 0 Å². The van der Waals surface area contributed by atoms with Gasteiger partial charge in [0.2, 0.25) is 0 Å². The first kappa shape index (κ1) is 18.9. The fourth-order valence-electron chi connectivity index (χ4n) is 6.71. The second-order valence-corrected chi connectivity index (χ2v) is 8.98. The number of hydrogen-bond acceptors (Lipinski definition) is 8. The molecular formula is C19H26O8. The van der Waals surface area contributed by atoms with Crippen LogP contribution in [0, 0.1) is 28.6 Å². The van der Waals surface area contributed by atoms with Crippen molar-refractivity contribution in [2.24, 2.45) is 28.6 Å². The predicted octanol–water partition coefficient (Wildman–Crippen LogP) is -0.863. The van der Waals surface area contributed by atoms with E-state index < -0.39 is 77.6 Å². The van der Waals surface area contributed by atoms with Crippen LogP contribution in [0.1, 0.15) is 27.2 Å². The molecule has 0 bridgehead atoms. The van der Waals surface area contributed by atoms with Crippen molar-refractivity contribution in [1.29, 1.82) is 0 Å². The maximum Gasteiger partial charge on any atom is 0.335 e. The number of carbonyl (C=O) groups is 2. The van der Waals surface area contributed by atoms with Crippen LogP contribution in [0.2, 0.25) is 0 Å². The molecule has 10 atom stereocenters. The summed E-state index contributed by atoms with van der Waals surface area (Å²) in [6.45, 7) is 4.97. The summed E-state index contributed by atoms with van der Waals surface area (Å²) < 4.78 is 11.0. The number of rotatable bonds is 2. The van der Waals surface area contributed by atoms with Crippen molar-refractivity contribution in [2.45, 2.75) is 57.7 Å². The van der Waals surface area contributed by atoms with Crippen LogP contribution in [0.15, 0.2) is 11.6 Å². The van der Waals surface area contributed by atoms with Crippen molar-refractivity contribution < 1.29 is 39.5 Å². The molecule has 4 N–H and O–H groups in total. The van der Waals surface area contributed by atoms with E-state index in [-0.39, 0.29) is 0 Å². The van der Waals surface area contributed by atoms with Gasteiger partial charge in [-0.1, -0.05) is 13.8 Å². The number of aliphatic hydroxyl groups is 4. The molecule has 8 heteroatoms. The van der Waals surface area contributed by atoms with Crippen LogP contribution in [-0.4, -0.2) is 69.5 Å². The first-order chi connectivity index (χ1) is 12.6. The summed E-state index contributed by atoms with van der Waals surface area (Å²) in [7, 11) is 0. The van der Waals surface area contributed by atoms with E-state index >= 15 is 0 Å². The Bertz CT molecular complexity index is 718. The highest BCUT2D eigenvalue weighted by molar-refractivity contribution is 5.86. The van der Waals surface area contributed by atoms with E-state index in [2.05, 4.69) is 0 Å². The molecule has 2 heterocycles. The SMILES string of the molecule is CC1=CC(=O)OC1C1(C)CC2OC(=O)C(O)C3C(CO)C(O)C(O)C1C23C. The summed E-state index contributed by atoms with van der Waals surface area (Å²) in [4.78, 5) is 24.1. The summed E-state index contributed by atoms with van der Waals surface area (Å²) in [6.07, 6.45) is -3.58. The normalized spacial score (nSPS) is 54.3. The minimum atomic E-state index is -1.50. The van der Waals surface area contributed by atoms with Gasteiger partial charge in [0.25, 0.3) is 0 Å². The Balaban J connectivity index is 1.86. The van der Waals surface area contributed by atoms with E-state index in [9.17, 15) is 30.0 Å². The molecule has 2 aliphatic heterocycles. The Kier molecular flexibility index (Phi) is 4.03. The molecule has 8 nitrogen and oxygen atoms in total. The van der Waals surface area contributed by atoms with Crippen LogP contribution in [0.3, 0.4) is 0 Å². The highest BCUT2D eigenvalue weighted by Crippen LogP contribution is 2.68. The van der Waals surface area contributed by atoms with Gasteiger partial charge in [-0.3, -0.25) is 0 Å². The number of carbonyl (C=O) groups excluding carboxylic acids is 2. The Morgan fingerprint density at radius 1 is 1.15 bits per heavy atom. The predicted molar refractivity (Wildman–Crippen MR) is 89.9 cm³/mol. The third kappa shape index (κ3) is 2.18. The molecule has 4 aliphatic rings. The van der Waals surface area contributed by atoms with Gasteiger partial charge in [0.1, 0.15) is 12.2 Å². The molecule has 0 radical (unpaired) electrons. The van der Waals surface area contributed by atoms with Crippen LogP contribution in [0.4, 0.5) is 0 Å². The highest BCUT2D eigenvalue weighted by Gasteiger charge is 2.75. The summed E-state index contributed by atoms with van der Waals surface area (Å²) in [5.74, 6) is -3.51. The third-order valence-electron chi connectivity index (χ3n) is 7.65. The van der Waals surface area contributed by atoms with Gasteiger partial charge in [-0.15, -0.1) is 0 Å². The molecule has 2 saturated carbocycles. The third-order valence-corrected chi connectivity index (χ3v) is 7.65. The molecule has 1 saturated heterocycles. The molecule has 0 aromatic carbocycles. The van der Waals surface area contributed by atoms with E-state index in [4.69, 9.17) is 9.47 Å². The van der Waals surface area contributed by atoms with Gasteiger partial charge >= 0.3 is 11.9 Å². The van der Waals surface area contributed by atoms with Gasteiger partial charge in [-0.25, -0.2) is 9.59 Å². The number of ether oxygens (including phenoxy) is 2. The van der Waals surface area contributed by atoms with Crippen molar-refractivity contribution >= 4 is 11.9 Å². The lowest BCUT2D eigenvalue weighted by Crippen LogP contribution is -2.68. The summed E-state index contributed by atoms with van der Waals surface area (Å²) >= 11 is 0. The van der Waals surface area contributed by atoms with E-state index in [0.29, 0.717) is 12.0 Å². The fourth-order valence-corrected chi connectivity index (χ4v) is 6.71. The quantitative estimate of drug-likeness (QED) is 0.453. The van der Waals surface area contributed by atoms with Crippen LogP contribution in [-0.2, 0) is 19.1 Å². The van der Waals surface area contributed by atoms with Crippen molar-refractivity contribution in [2.75, 3.05) is 6.61 Å².